The number of likely N-dealkylation sites (tertiary alicyclic amines) is 1. The van der Waals surface area contributed by atoms with Crippen molar-refractivity contribution in [2.45, 2.75) is 31.1 Å². The Morgan fingerprint density at radius 1 is 1.48 bits per heavy atom. The molecule has 6 nitrogen and oxygen atoms in total. The van der Waals surface area contributed by atoms with Crippen LogP contribution in [0.2, 0.25) is 0 Å². The summed E-state index contributed by atoms with van der Waals surface area (Å²) in [5.41, 5.74) is 5.69. The van der Waals surface area contributed by atoms with Crippen LogP contribution in [0, 0.1) is 0 Å². The van der Waals surface area contributed by atoms with Crippen molar-refractivity contribution in [1.29, 1.82) is 0 Å². The zero-order valence-corrected chi connectivity index (χ0v) is 11.4. The highest BCUT2D eigenvalue weighted by molar-refractivity contribution is 5.98. The first-order chi connectivity index (χ1) is 9.79. The minimum atomic E-state index is -4.25. The summed E-state index contributed by atoms with van der Waals surface area (Å²) in [4.78, 5) is 20.6. The number of alkyl halides is 3. The van der Waals surface area contributed by atoms with Crippen molar-refractivity contribution in [1.82, 2.24) is 20.2 Å². The SMILES string of the molecule is CN1CC(NC(=O)c2cncnc2N)CCC1C(F)(F)F. The Hall–Kier alpha value is -1.90. The third kappa shape index (κ3) is 3.60. The number of nitrogens with two attached hydrogens (primary N) is 1. The van der Waals surface area contributed by atoms with Gasteiger partial charge >= 0.3 is 6.18 Å². The molecule has 0 radical (unpaired) electrons. The lowest BCUT2D eigenvalue weighted by Crippen LogP contribution is -2.54. The first-order valence-electron chi connectivity index (χ1n) is 6.42. The first-order valence-corrected chi connectivity index (χ1v) is 6.42. The molecule has 2 atom stereocenters. The van der Waals surface area contributed by atoms with E-state index in [1.165, 1.54) is 24.5 Å². The fraction of sp³-hybridized carbons (Fsp3) is 0.583. The summed E-state index contributed by atoms with van der Waals surface area (Å²) in [6.45, 7) is 0.128. The summed E-state index contributed by atoms with van der Waals surface area (Å²) >= 11 is 0. The van der Waals surface area contributed by atoms with Crippen molar-refractivity contribution in [2.75, 3.05) is 19.3 Å². The van der Waals surface area contributed by atoms with Crippen molar-refractivity contribution >= 4 is 11.7 Å². The molecule has 0 saturated carbocycles. The van der Waals surface area contributed by atoms with Crippen molar-refractivity contribution < 1.29 is 18.0 Å². The number of hydrogen-bond donors (Lipinski definition) is 2. The van der Waals surface area contributed by atoms with Gasteiger partial charge in [0.05, 0.1) is 5.56 Å². The Labute approximate surface area is 119 Å². The Morgan fingerprint density at radius 2 is 2.19 bits per heavy atom. The minimum absolute atomic E-state index is 0.0415. The molecule has 0 aliphatic carbocycles. The Kier molecular flexibility index (Phi) is 4.31. The van der Waals surface area contributed by atoms with E-state index < -0.39 is 18.1 Å². The Morgan fingerprint density at radius 3 is 2.76 bits per heavy atom. The summed E-state index contributed by atoms with van der Waals surface area (Å²) in [5.74, 6) is -0.434. The maximum absolute atomic E-state index is 12.7. The van der Waals surface area contributed by atoms with Gasteiger partial charge in [-0.15, -0.1) is 0 Å². The fourth-order valence-electron chi connectivity index (χ4n) is 2.45. The molecule has 2 rings (SSSR count). The maximum atomic E-state index is 12.7. The van der Waals surface area contributed by atoms with Crippen molar-refractivity contribution in [3.8, 4) is 0 Å². The Bertz CT molecular complexity index is 522. The molecule has 1 saturated heterocycles. The van der Waals surface area contributed by atoms with Gasteiger partial charge in [0.1, 0.15) is 18.2 Å². The normalized spacial score (nSPS) is 23.8. The van der Waals surface area contributed by atoms with E-state index in [4.69, 9.17) is 5.73 Å². The van der Waals surface area contributed by atoms with Crippen LogP contribution in [0.4, 0.5) is 19.0 Å². The number of nitrogens with one attached hydrogen (secondary N) is 1. The summed E-state index contributed by atoms with van der Waals surface area (Å²) in [7, 11) is 1.40. The number of rotatable bonds is 2. The molecule has 0 aromatic carbocycles. The van der Waals surface area contributed by atoms with Gasteiger partial charge in [-0.05, 0) is 19.9 Å². The largest absolute Gasteiger partial charge is 0.404 e. The molecular formula is C12H16F3N5O. The lowest BCUT2D eigenvalue weighted by molar-refractivity contribution is -0.188. The average molecular weight is 303 g/mol. The lowest BCUT2D eigenvalue weighted by Gasteiger charge is -2.38. The zero-order chi connectivity index (χ0) is 15.6. The van der Waals surface area contributed by atoms with Crippen LogP contribution in [0.15, 0.2) is 12.5 Å². The second-order valence-electron chi connectivity index (χ2n) is 5.07. The standard InChI is InChI=1S/C12H16F3N5O/c1-20-5-7(2-3-9(20)12(13,14)15)19-11(21)8-4-17-6-18-10(8)16/h4,6-7,9H,2-3,5H2,1H3,(H,19,21)(H2,16,17,18). The van der Waals surface area contributed by atoms with E-state index in [1.54, 1.807) is 0 Å². The van der Waals surface area contributed by atoms with Gasteiger partial charge in [-0.1, -0.05) is 0 Å². The summed E-state index contributed by atoms with van der Waals surface area (Å²) in [5, 5.41) is 2.67. The monoisotopic (exact) mass is 303 g/mol. The molecule has 1 aromatic rings. The predicted molar refractivity (Wildman–Crippen MR) is 69.4 cm³/mol. The van der Waals surface area contributed by atoms with Gasteiger partial charge < -0.3 is 11.1 Å². The molecule has 1 aliphatic rings. The van der Waals surface area contributed by atoms with E-state index in [9.17, 15) is 18.0 Å². The molecule has 1 aromatic heterocycles. The quantitative estimate of drug-likeness (QED) is 0.845. The third-order valence-corrected chi connectivity index (χ3v) is 3.53. The lowest BCUT2D eigenvalue weighted by atomic mass is 9.98. The molecule has 1 fully saturated rings. The number of hydrogen-bond acceptors (Lipinski definition) is 5. The maximum Gasteiger partial charge on any atom is 0.404 e. The van der Waals surface area contributed by atoms with Crippen molar-refractivity contribution in [2.24, 2.45) is 0 Å². The molecule has 21 heavy (non-hydrogen) atoms. The van der Waals surface area contributed by atoms with E-state index in [1.807, 2.05) is 0 Å². The molecule has 9 heteroatoms. The highest BCUT2D eigenvalue weighted by Gasteiger charge is 2.44. The number of aromatic nitrogens is 2. The van der Waals surface area contributed by atoms with E-state index in [2.05, 4.69) is 15.3 Å². The van der Waals surface area contributed by atoms with Gasteiger partial charge in [-0.25, -0.2) is 9.97 Å². The van der Waals surface area contributed by atoms with E-state index >= 15 is 0 Å². The number of halogens is 3. The van der Waals surface area contributed by atoms with Crippen LogP contribution in [-0.2, 0) is 0 Å². The number of carbonyl (C=O) groups excluding carboxylic acids is 1. The molecule has 1 amide bonds. The molecule has 0 bridgehead atoms. The first kappa shape index (κ1) is 15.5. The number of likely N-dealkylation sites (N-methyl/N-ethyl adjacent to an activating group) is 1. The van der Waals surface area contributed by atoms with Crippen LogP contribution in [0.3, 0.4) is 0 Å². The fourth-order valence-corrected chi connectivity index (χ4v) is 2.45. The molecule has 1 aliphatic heterocycles. The number of amides is 1. The van der Waals surface area contributed by atoms with Crippen LogP contribution >= 0.6 is 0 Å². The highest BCUT2D eigenvalue weighted by Crippen LogP contribution is 2.30. The summed E-state index contributed by atoms with van der Waals surface area (Å²) in [6.07, 6.45) is -1.54. The number of nitrogen functional groups attached to an aromatic ring is 1. The topological polar surface area (TPSA) is 84.1 Å². The summed E-state index contributed by atoms with van der Waals surface area (Å²) in [6, 6.07) is -1.82. The van der Waals surface area contributed by atoms with Gasteiger partial charge in [0, 0.05) is 18.8 Å². The predicted octanol–water partition coefficient (Wildman–Crippen LogP) is 0.814. The van der Waals surface area contributed by atoms with Gasteiger partial charge in [0.2, 0.25) is 0 Å². The number of carbonyl (C=O) groups is 1. The van der Waals surface area contributed by atoms with Crippen LogP contribution in [0.1, 0.15) is 23.2 Å². The molecule has 2 unspecified atom stereocenters. The van der Waals surface area contributed by atoms with E-state index in [0.29, 0.717) is 0 Å². The molecule has 2 heterocycles. The van der Waals surface area contributed by atoms with Crippen molar-refractivity contribution in [3.05, 3.63) is 18.1 Å². The van der Waals surface area contributed by atoms with Crippen LogP contribution in [0.25, 0.3) is 0 Å². The number of nitrogens with zero attached hydrogens (tertiary/aromatic N) is 3. The molecule has 3 N–H and O–H groups in total. The van der Waals surface area contributed by atoms with Crippen LogP contribution in [0.5, 0.6) is 0 Å². The van der Waals surface area contributed by atoms with Crippen LogP contribution < -0.4 is 11.1 Å². The molecule has 116 valence electrons. The summed E-state index contributed by atoms with van der Waals surface area (Å²) < 4.78 is 38.2. The third-order valence-electron chi connectivity index (χ3n) is 3.53. The van der Waals surface area contributed by atoms with E-state index in [0.717, 1.165) is 0 Å². The van der Waals surface area contributed by atoms with Crippen LogP contribution in [-0.4, -0.2) is 52.6 Å². The molecular weight excluding hydrogens is 287 g/mol. The van der Waals surface area contributed by atoms with Gasteiger partial charge in [-0.2, -0.15) is 13.2 Å². The number of piperidine rings is 1. The van der Waals surface area contributed by atoms with Crippen molar-refractivity contribution in [3.63, 3.8) is 0 Å². The Balaban J connectivity index is 1.97. The zero-order valence-electron chi connectivity index (χ0n) is 11.4. The van der Waals surface area contributed by atoms with Gasteiger partial charge in [0.25, 0.3) is 5.91 Å². The highest BCUT2D eigenvalue weighted by atomic mass is 19.4. The van der Waals surface area contributed by atoms with E-state index in [-0.39, 0.29) is 36.8 Å². The van der Waals surface area contributed by atoms with Gasteiger partial charge in [-0.3, -0.25) is 9.69 Å². The minimum Gasteiger partial charge on any atom is -0.383 e. The van der Waals surface area contributed by atoms with Gasteiger partial charge in [0.15, 0.2) is 0 Å². The molecule has 0 spiro atoms. The number of anilines is 1. The smallest absolute Gasteiger partial charge is 0.383 e. The second kappa shape index (κ2) is 5.84. The second-order valence-corrected chi connectivity index (χ2v) is 5.07. The average Bonchev–Trinajstić information content (AvgIpc) is 2.37.